The minimum absolute atomic E-state index is 0.290. The molecule has 0 unspecified atom stereocenters. The summed E-state index contributed by atoms with van der Waals surface area (Å²) in [6.45, 7) is 6.82. The Balaban J connectivity index is 1.60. The Labute approximate surface area is 141 Å². The Morgan fingerprint density at radius 2 is 2.21 bits per heavy atom. The molecular weight excluding hydrogens is 307 g/mol. The molecule has 1 fully saturated rings. The van der Waals surface area contributed by atoms with Crippen molar-refractivity contribution in [3.63, 3.8) is 0 Å². The highest BCUT2D eigenvalue weighted by molar-refractivity contribution is 5.67. The first-order chi connectivity index (χ1) is 11.5. The standard InChI is InChI=1S/C18H23FN4O/c1-18(2)4-3-13-14(7-18)22-23-17(13)12-5-15(19)21-16(6-12)20-8-11-9-24-10-11/h5-6,11H,3-4,7-10H2,1-2H3,(H,20,21)(H,22,23). The van der Waals surface area contributed by atoms with E-state index in [-0.39, 0.29) is 5.41 Å². The molecule has 2 aliphatic rings. The van der Waals surface area contributed by atoms with Gasteiger partial charge >= 0.3 is 0 Å². The summed E-state index contributed by atoms with van der Waals surface area (Å²) in [5.74, 6) is 0.566. The van der Waals surface area contributed by atoms with Gasteiger partial charge in [0.05, 0.1) is 18.9 Å². The monoisotopic (exact) mass is 330 g/mol. The predicted octanol–water partition coefficient (Wildman–Crippen LogP) is 3.18. The van der Waals surface area contributed by atoms with E-state index in [2.05, 4.69) is 34.3 Å². The molecule has 0 saturated carbocycles. The number of ether oxygens (including phenoxy) is 1. The fraction of sp³-hybridized carbons (Fsp3) is 0.556. The van der Waals surface area contributed by atoms with E-state index in [0.717, 1.165) is 50.3 Å². The summed E-state index contributed by atoms with van der Waals surface area (Å²) in [7, 11) is 0. The first-order valence-electron chi connectivity index (χ1n) is 8.56. The molecule has 24 heavy (non-hydrogen) atoms. The van der Waals surface area contributed by atoms with Crippen molar-refractivity contribution in [3.05, 3.63) is 29.3 Å². The Hall–Kier alpha value is -1.95. The fourth-order valence-corrected chi connectivity index (χ4v) is 3.46. The molecule has 3 heterocycles. The Kier molecular flexibility index (Phi) is 3.79. The largest absolute Gasteiger partial charge is 0.381 e. The van der Waals surface area contributed by atoms with Gasteiger partial charge in [-0.3, -0.25) is 5.10 Å². The topological polar surface area (TPSA) is 62.8 Å². The van der Waals surface area contributed by atoms with E-state index < -0.39 is 5.95 Å². The van der Waals surface area contributed by atoms with Gasteiger partial charge in [0.15, 0.2) is 0 Å². The maximum absolute atomic E-state index is 14.0. The lowest BCUT2D eigenvalue weighted by atomic mass is 9.76. The van der Waals surface area contributed by atoms with Crippen molar-refractivity contribution in [2.45, 2.75) is 33.1 Å². The second kappa shape index (κ2) is 5.84. The molecule has 2 aromatic heterocycles. The number of nitrogens with zero attached hydrogens (tertiary/aromatic N) is 2. The highest BCUT2D eigenvalue weighted by Crippen LogP contribution is 2.38. The molecule has 0 amide bonds. The first kappa shape index (κ1) is 15.6. The van der Waals surface area contributed by atoms with Crippen LogP contribution in [0.4, 0.5) is 10.2 Å². The summed E-state index contributed by atoms with van der Waals surface area (Å²) in [4.78, 5) is 3.95. The van der Waals surface area contributed by atoms with Gasteiger partial charge in [0.2, 0.25) is 5.95 Å². The summed E-state index contributed by atoms with van der Waals surface area (Å²) in [6, 6.07) is 3.35. The molecule has 0 radical (unpaired) electrons. The molecule has 6 heteroatoms. The number of hydrogen-bond acceptors (Lipinski definition) is 4. The summed E-state index contributed by atoms with van der Waals surface area (Å²) in [6.07, 6.45) is 3.07. The molecule has 4 rings (SSSR count). The van der Waals surface area contributed by atoms with E-state index in [4.69, 9.17) is 4.74 Å². The van der Waals surface area contributed by atoms with Crippen molar-refractivity contribution in [1.29, 1.82) is 0 Å². The van der Waals surface area contributed by atoms with E-state index in [1.54, 1.807) is 0 Å². The van der Waals surface area contributed by atoms with E-state index >= 15 is 0 Å². The van der Waals surface area contributed by atoms with Crippen molar-refractivity contribution >= 4 is 5.82 Å². The van der Waals surface area contributed by atoms with Crippen molar-refractivity contribution in [3.8, 4) is 11.3 Å². The molecule has 128 valence electrons. The average Bonchev–Trinajstić information content (AvgIpc) is 2.86. The molecule has 2 N–H and O–H groups in total. The number of halogens is 1. The van der Waals surface area contributed by atoms with E-state index in [1.165, 1.54) is 17.3 Å². The number of H-pyrrole nitrogens is 1. The zero-order chi connectivity index (χ0) is 16.7. The van der Waals surface area contributed by atoms with Crippen LogP contribution in [-0.2, 0) is 17.6 Å². The van der Waals surface area contributed by atoms with Crippen LogP contribution in [0.15, 0.2) is 12.1 Å². The molecule has 1 aliphatic heterocycles. The van der Waals surface area contributed by atoms with Crippen LogP contribution >= 0.6 is 0 Å². The molecule has 0 aromatic carbocycles. The third-order valence-corrected chi connectivity index (χ3v) is 5.01. The van der Waals surface area contributed by atoms with Gasteiger partial charge in [0.1, 0.15) is 5.82 Å². The second-order valence-corrected chi connectivity index (χ2v) is 7.72. The van der Waals surface area contributed by atoms with Gasteiger partial charge in [-0.1, -0.05) is 13.8 Å². The number of rotatable bonds is 4. The van der Waals surface area contributed by atoms with Crippen LogP contribution < -0.4 is 5.32 Å². The van der Waals surface area contributed by atoms with Gasteiger partial charge in [-0.15, -0.1) is 0 Å². The van der Waals surface area contributed by atoms with Crippen molar-refractivity contribution < 1.29 is 9.13 Å². The quantitative estimate of drug-likeness (QED) is 0.845. The Morgan fingerprint density at radius 3 is 2.96 bits per heavy atom. The predicted molar refractivity (Wildman–Crippen MR) is 90.4 cm³/mol. The van der Waals surface area contributed by atoms with E-state index in [0.29, 0.717) is 11.7 Å². The zero-order valence-electron chi connectivity index (χ0n) is 14.2. The van der Waals surface area contributed by atoms with E-state index in [9.17, 15) is 4.39 Å². The summed E-state index contributed by atoms with van der Waals surface area (Å²) < 4.78 is 19.1. The molecule has 1 aliphatic carbocycles. The summed E-state index contributed by atoms with van der Waals surface area (Å²) in [5.41, 5.74) is 4.33. The van der Waals surface area contributed by atoms with Gasteiger partial charge in [-0.05, 0) is 30.7 Å². The second-order valence-electron chi connectivity index (χ2n) is 7.72. The number of fused-ring (bicyclic) bond motifs is 1. The fourth-order valence-electron chi connectivity index (χ4n) is 3.46. The van der Waals surface area contributed by atoms with Crippen LogP contribution in [0.2, 0.25) is 0 Å². The third-order valence-electron chi connectivity index (χ3n) is 5.01. The minimum atomic E-state index is -0.479. The van der Waals surface area contributed by atoms with Gasteiger partial charge in [0, 0.05) is 35.3 Å². The third kappa shape index (κ3) is 3.02. The van der Waals surface area contributed by atoms with E-state index in [1.807, 2.05) is 6.07 Å². The van der Waals surface area contributed by atoms with Crippen molar-refractivity contribution in [2.75, 3.05) is 25.1 Å². The molecule has 2 aromatic rings. The molecule has 0 atom stereocenters. The number of aromatic nitrogens is 3. The number of hydrogen-bond donors (Lipinski definition) is 2. The van der Waals surface area contributed by atoms with Crippen LogP contribution in [0.3, 0.4) is 0 Å². The van der Waals surface area contributed by atoms with Crippen LogP contribution in [0.1, 0.15) is 31.5 Å². The maximum Gasteiger partial charge on any atom is 0.215 e. The molecule has 1 saturated heterocycles. The minimum Gasteiger partial charge on any atom is -0.381 e. The Bertz CT molecular complexity index is 751. The maximum atomic E-state index is 14.0. The van der Waals surface area contributed by atoms with Crippen LogP contribution in [0, 0.1) is 17.3 Å². The normalized spacial score (nSPS) is 19.6. The molecule has 0 bridgehead atoms. The van der Waals surface area contributed by atoms with Crippen LogP contribution in [0.25, 0.3) is 11.3 Å². The highest BCUT2D eigenvalue weighted by atomic mass is 19.1. The smallest absolute Gasteiger partial charge is 0.215 e. The summed E-state index contributed by atoms with van der Waals surface area (Å²) >= 11 is 0. The molecule has 0 spiro atoms. The lowest BCUT2D eigenvalue weighted by molar-refractivity contribution is -0.0248. The van der Waals surface area contributed by atoms with Gasteiger partial charge in [-0.2, -0.15) is 9.49 Å². The zero-order valence-corrected chi connectivity index (χ0v) is 14.2. The lowest BCUT2D eigenvalue weighted by Crippen LogP contribution is -2.33. The molecule has 5 nitrogen and oxygen atoms in total. The highest BCUT2D eigenvalue weighted by Gasteiger charge is 2.29. The average molecular weight is 330 g/mol. The van der Waals surface area contributed by atoms with Gasteiger partial charge in [-0.25, -0.2) is 4.98 Å². The van der Waals surface area contributed by atoms with Crippen LogP contribution in [0.5, 0.6) is 0 Å². The number of pyridine rings is 1. The van der Waals surface area contributed by atoms with Gasteiger partial charge in [0.25, 0.3) is 0 Å². The van der Waals surface area contributed by atoms with Crippen molar-refractivity contribution in [2.24, 2.45) is 11.3 Å². The van der Waals surface area contributed by atoms with Crippen LogP contribution in [-0.4, -0.2) is 34.9 Å². The number of nitrogens with one attached hydrogen (secondary N) is 2. The van der Waals surface area contributed by atoms with Crippen molar-refractivity contribution in [1.82, 2.24) is 15.2 Å². The summed E-state index contributed by atoms with van der Waals surface area (Å²) in [5, 5.41) is 10.8. The SMILES string of the molecule is CC1(C)CCc2c(-c3cc(F)nc(NCC4COC4)c3)n[nH]c2C1. The number of aromatic amines is 1. The molecular formula is C18H23FN4O. The Morgan fingerprint density at radius 1 is 1.38 bits per heavy atom. The van der Waals surface area contributed by atoms with Gasteiger partial charge < -0.3 is 10.1 Å². The lowest BCUT2D eigenvalue weighted by Gasteiger charge is -2.29. The number of anilines is 1. The first-order valence-corrected chi connectivity index (χ1v) is 8.56.